The summed E-state index contributed by atoms with van der Waals surface area (Å²) in [5.74, 6) is 1.68. The van der Waals surface area contributed by atoms with Gasteiger partial charge in [0.25, 0.3) is 0 Å². The maximum absolute atomic E-state index is 5.51. The summed E-state index contributed by atoms with van der Waals surface area (Å²) in [5.41, 5.74) is 2.30. The van der Waals surface area contributed by atoms with E-state index in [2.05, 4.69) is 34.7 Å². The summed E-state index contributed by atoms with van der Waals surface area (Å²) in [7, 11) is 3.46. The molecule has 0 aliphatic heterocycles. The second-order valence-electron chi connectivity index (χ2n) is 5.44. The molecule has 1 rings (SSSR count). The van der Waals surface area contributed by atoms with Crippen molar-refractivity contribution in [2.45, 2.75) is 39.8 Å². The zero-order valence-corrected chi connectivity index (χ0v) is 14.4. The van der Waals surface area contributed by atoms with Crippen LogP contribution in [0.2, 0.25) is 0 Å². The summed E-state index contributed by atoms with van der Waals surface area (Å²) < 4.78 is 10.9. The highest BCUT2D eigenvalue weighted by atomic mass is 16.5. The first kappa shape index (κ1) is 18.3. The van der Waals surface area contributed by atoms with E-state index in [9.17, 15) is 0 Å². The predicted molar refractivity (Wildman–Crippen MR) is 91.6 cm³/mol. The second-order valence-corrected chi connectivity index (χ2v) is 5.44. The molecule has 0 bridgehead atoms. The number of rotatable bonds is 8. The monoisotopic (exact) mass is 307 g/mol. The van der Waals surface area contributed by atoms with Gasteiger partial charge in [0.1, 0.15) is 5.75 Å². The van der Waals surface area contributed by atoms with E-state index in [1.54, 1.807) is 14.2 Å². The Bertz CT molecular complexity index is 473. The van der Waals surface area contributed by atoms with E-state index in [0.29, 0.717) is 6.54 Å². The zero-order valence-electron chi connectivity index (χ0n) is 14.4. The first-order valence-corrected chi connectivity index (χ1v) is 7.76. The van der Waals surface area contributed by atoms with Gasteiger partial charge in [0.15, 0.2) is 5.96 Å². The third-order valence-corrected chi connectivity index (χ3v) is 3.18. The number of nitrogens with one attached hydrogen (secondary N) is 2. The molecular formula is C17H29N3O2. The fourth-order valence-corrected chi connectivity index (χ4v) is 2.00. The van der Waals surface area contributed by atoms with Gasteiger partial charge in [-0.2, -0.15) is 0 Å². The van der Waals surface area contributed by atoms with E-state index in [1.807, 2.05) is 19.9 Å². The highest BCUT2D eigenvalue weighted by molar-refractivity contribution is 5.79. The van der Waals surface area contributed by atoms with Crippen LogP contribution in [0, 0.1) is 6.92 Å². The van der Waals surface area contributed by atoms with Crippen molar-refractivity contribution in [3.05, 3.63) is 29.3 Å². The van der Waals surface area contributed by atoms with Crippen LogP contribution in [-0.2, 0) is 11.3 Å². The van der Waals surface area contributed by atoms with Crippen molar-refractivity contribution in [3.8, 4) is 5.75 Å². The summed E-state index contributed by atoms with van der Waals surface area (Å²) in [4.78, 5) is 4.22. The third-order valence-electron chi connectivity index (χ3n) is 3.18. The molecule has 0 aromatic heterocycles. The Morgan fingerprint density at radius 3 is 2.68 bits per heavy atom. The molecule has 22 heavy (non-hydrogen) atoms. The van der Waals surface area contributed by atoms with Crippen molar-refractivity contribution in [2.24, 2.45) is 4.99 Å². The van der Waals surface area contributed by atoms with Crippen LogP contribution in [0.15, 0.2) is 23.2 Å². The molecule has 2 N–H and O–H groups in total. The number of methoxy groups -OCH3 is 1. The van der Waals surface area contributed by atoms with E-state index in [1.165, 1.54) is 5.56 Å². The van der Waals surface area contributed by atoms with Gasteiger partial charge in [-0.05, 0) is 38.8 Å². The van der Waals surface area contributed by atoms with Crippen LogP contribution in [0.4, 0.5) is 0 Å². The van der Waals surface area contributed by atoms with Gasteiger partial charge in [-0.25, -0.2) is 0 Å². The summed E-state index contributed by atoms with van der Waals surface area (Å²) in [6, 6.07) is 6.19. The molecule has 0 radical (unpaired) electrons. The number of hydrogen-bond acceptors (Lipinski definition) is 3. The van der Waals surface area contributed by atoms with E-state index in [-0.39, 0.29) is 6.10 Å². The molecule has 0 atom stereocenters. The Hall–Kier alpha value is -1.75. The van der Waals surface area contributed by atoms with Gasteiger partial charge in [0.2, 0.25) is 0 Å². The Labute approximate surface area is 134 Å². The van der Waals surface area contributed by atoms with Crippen LogP contribution in [0.3, 0.4) is 0 Å². The van der Waals surface area contributed by atoms with Gasteiger partial charge in [0, 0.05) is 32.3 Å². The van der Waals surface area contributed by atoms with Crippen LogP contribution in [0.25, 0.3) is 0 Å². The number of guanidine groups is 1. The lowest BCUT2D eigenvalue weighted by Gasteiger charge is -2.14. The van der Waals surface area contributed by atoms with Crippen molar-refractivity contribution < 1.29 is 9.47 Å². The molecule has 0 saturated carbocycles. The summed E-state index contributed by atoms with van der Waals surface area (Å²) in [5, 5.41) is 6.58. The van der Waals surface area contributed by atoms with Crippen LogP contribution >= 0.6 is 0 Å². The lowest BCUT2D eigenvalue weighted by Crippen LogP contribution is -2.37. The van der Waals surface area contributed by atoms with Crippen molar-refractivity contribution in [1.29, 1.82) is 0 Å². The molecule has 5 nitrogen and oxygen atoms in total. The average Bonchev–Trinajstić information content (AvgIpc) is 2.50. The van der Waals surface area contributed by atoms with Crippen molar-refractivity contribution in [2.75, 3.05) is 27.3 Å². The topological polar surface area (TPSA) is 54.9 Å². The van der Waals surface area contributed by atoms with Gasteiger partial charge in [-0.1, -0.05) is 12.1 Å². The van der Waals surface area contributed by atoms with E-state index in [4.69, 9.17) is 9.47 Å². The fraction of sp³-hybridized carbons (Fsp3) is 0.588. The van der Waals surface area contributed by atoms with Crippen LogP contribution < -0.4 is 15.4 Å². The second kappa shape index (κ2) is 10.1. The van der Waals surface area contributed by atoms with E-state index >= 15 is 0 Å². The SMILES string of the molecule is CN=C(NCCCOC(C)C)NCc1ccc(C)cc1OC. The minimum atomic E-state index is 0.284. The Balaban J connectivity index is 2.38. The quantitative estimate of drug-likeness (QED) is 0.440. The minimum absolute atomic E-state index is 0.284. The smallest absolute Gasteiger partial charge is 0.191 e. The molecule has 0 saturated heterocycles. The zero-order chi connectivity index (χ0) is 16.4. The van der Waals surface area contributed by atoms with E-state index < -0.39 is 0 Å². The largest absolute Gasteiger partial charge is 0.496 e. The molecule has 1 aromatic rings. The van der Waals surface area contributed by atoms with Gasteiger partial charge in [-0.3, -0.25) is 4.99 Å². The summed E-state index contributed by atoms with van der Waals surface area (Å²) in [6.07, 6.45) is 1.23. The Kier molecular flexibility index (Phi) is 8.36. The Morgan fingerprint density at radius 2 is 2.05 bits per heavy atom. The van der Waals surface area contributed by atoms with Gasteiger partial charge < -0.3 is 20.1 Å². The minimum Gasteiger partial charge on any atom is -0.496 e. The molecule has 0 fully saturated rings. The average molecular weight is 307 g/mol. The van der Waals surface area contributed by atoms with Crippen LogP contribution in [0.5, 0.6) is 5.75 Å². The highest BCUT2D eigenvalue weighted by Crippen LogP contribution is 2.19. The number of nitrogens with zero attached hydrogens (tertiary/aromatic N) is 1. The predicted octanol–water partition coefficient (Wildman–Crippen LogP) is 2.48. The van der Waals surface area contributed by atoms with Crippen LogP contribution in [-0.4, -0.2) is 39.4 Å². The fourth-order valence-electron chi connectivity index (χ4n) is 2.00. The number of benzene rings is 1. The molecule has 5 heteroatoms. The Morgan fingerprint density at radius 1 is 1.27 bits per heavy atom. The number of ether oxygens (including phenoxy) is 2. The molecule has 0 aliphatic rings. The molecule has 1 aromatic carbocycles. The van der Waals surface area contributed by atoms with Gasteiger partial charge in [0.05, 0.1) is 13.2 Å². The molecule has 0 heterocycles. The molecule has 0 aliphatic carbocycles. The van der Waals surface area contributed by atoms with Gasteiger partial charge in [-0.15, -0.1) is 0 Å². The first-order valence-electron chi connectivity index (χ1n) is 7.76. The molecule has 0 amide bonds. The normalized spacial score (nSPS) is 11.6. The third kappa shape index (κ3) is 6.80. The number of hydrogen-bond donors (Lipinski definition) is 2. The maximum Gasteiger partial charge on any atom is 0.191 e. The standard InChI is InChI=1S/C17H29N3O2/c1-13(2)22-10-6-9-19-17(18-4)20-12-15-8-7-14(3)11-16(15)21-5/h7-8,11,13H,6,9-10,12H2,1-5H3,(H2,18,19,20). The number of aryl methyl sites for hydroxylation is 1. The highest BCUT2D eigenvalue weighted by Gasteiger charge is 2.04. The molecule has 0 spiro atoms. The molecular weight excluding hydrogens is 278 g/mol. The molecule has 124 valence electrons. The lowest BCUT2D eigenvalue weighted by molar-refractivity contribution is 0.0776. The van der Waals surface area contributed by atoms with Gasteiger partial charge >= 0.3 is 0 Å². The number of aliphatic imine (C=N–C) groups is 1. The molecule has 0 unspecified atom stereocenters. The van der Waals surface area contributed by atoms with Crippen molar-refractivity contribution in [1.82, 2.24) is 10.6 Å². The van der Waals surface area contributed by atoms with Crippen LogP contribution in [0.1, 0.15) is 31.4 Å². The lowest BCUT2D eigenvalue weighted by atomic mass is 10.1. The van der Waals surface area contributed by atoms with Crippen molar-refractivity contribution >= 4 is 5.96 Å². The van der Waals surface area contributed by atoms with E-state index in [0.717, 1.165) is 36.8 Å². The van der Waals surface area contributed by atoms with Crippen molar-refractivity contribution in [3.63, 3.8) is 0 Å². The summed E-state index contributed by atoms with van der Waals surface area (Å²) >= 11 is 0. The maximum atomic E-state index is 5.51. The first-order chi connectivity index (χ1) is 10.6. The summed E-state index contributed by atoms with van der Waals surface area (Å²) in [6.45, 7) is 8.40.